The van der Waals surface area contributed by atoms with Gasteiger partial charge in [0, 0.05) is 31.0 Å². The molecule has 0 saturated carbocycles. The Kier molecular flexibility index (Phi) is 8.25. The molecule has 35 heavy (non-hydrogen) atoms. The van der Waals surface area contributed by atoms with Crippen LogP contribution in [-0.4, -0.2) is 74.7 Å². The summed E-state index contributed by atoms with van der Waals surface area (Å²) in [5.41, 5.74) is 2.02. The lowest BCUT2D eigenvalue weighted by atomic mass is 9.97. The highest BCUT2D eigenvalue weighted by molar-refractivity contribution is 7.92. The largest absolute Gasteiger partial charge is 0.393 e. The van der Waals surface area contributed by atoms with Gasteiger partial charge < -0.3 is 10.2 Å². The molecular formula is C22H28FN7O4S. The molecule has 0 aliphatic heterocycles. The molecular weight excluding hydrogens is 477 g/mol. The highest BCUT2D eigenvalue weighted by Gasteiger charge is 2.22. The quantitative estimate of drug-likeness (QED) is 0.373. The third-order valence-corrected chi connectivity index (χ3v) is 6.38. The third-order valence-electron chi connectivity index (χ3n) is 5.22. The van der Waals surface area contributed by atoms with Crippen molar-refractivity contribution in [3.8, 4) is 11.3 Å². The molecule has 2 unspecified atom stereocenters. The predicted molar refractivity (Wildman–Crippen MR) is 128 cm³/mol. The van der Waals surface area contributed by atoms with Crippen molar-refractivity contribution < 1.29 is 23.0 Å². The van der Waals surface area contributed by atoms with E-state index in [1.165, 1.54) is 37.4 Å². The van der Waals surface area contributed by atoms with E-state index in [1.54, 1.807) is 6.08 Å². The van der Waals surface area contributed by atoms with E-state index in [-0.39, 0.29) is 24.7 Å². The lowest BCUT2D eigenvalue weighted by molar-refractivity contribution is 0.103. The van der Waals surface area contributed by atoms with Crippen molar-refractivity contribution in [1.29, 1.82) is 0 Å². The zero-order chi connectivity index (χ0) is 25.8. The minimum Gasteiger partial charge on any atom is -0.393 e. The Morgan fingerprint density at radius 2 is 1.86 bits per heavy atom. The Hall–Kier alpha value is -3.29. The standard InChI is InChI=1S/C22H28FN7O4S/c1-13(2)20-18(10-9-16(31)11-17(32)12-19-26-28-29-27-19)21(14-5-7-15(23)8-6-14)25-22(24-20)30(3)35(4,33)34/h5-10,13,16-17,31-32H,11-12H2,1-4H3,(H,26,27,28,29)/b10-9+. The highest BCUT2D eigenvalue weighted by atomic mass is 32.2. The number of rotatable bonds is 10. The Labute approximate surface area is 202 Å². The number of nitrogens with zero attached hydrogens (tertiary/aromatic N) is 6. The van der Waals surface area contributed by atoms with E-state index in [0.29, 0.717) is 28.3 Å². The van der Waals surface area contributed by atoms with Crippen LogP contribution in [0.25, 0.3) is 17.3 Å². The van der Waals surface area contributed by atoms with Gasteiger partial charge in [0.15, 0.2) is 5.82 Å². The number of tetrazole rings is 1. The molecule has 13 heteroatoms. The van der Waals surface area contributed by atoms with Crippen LogP contribution in [0.4, 0.5) is 10.3 Å². The first-order valence-corrected chi connectivity index (χ1v) is 12.7. The fourth-order valence-electron chi connectivity index (χ4n) is 3.33. The van der Waals surface area contributed by atoms with Crippen LogP contribution in [0.15, 0.2) is 30.3 Å². The van der Waals surface area contributed by atoms with Gasteiger partial charge in [0.2, 0.25) is 16.0 Å². The highest BCUT2D eigenvalue weighted by Crippen LogP contribution is 2.31. The van der Waals surface area contributed by atoms with Crippen LogP contribution in [0.5, 0.6) is 0 Å². The molecule has 0 saturated heterocycles. The van der Waals surface area contributed by atoms with Gasteiger partial charge in [0.25, 0.3) is 0 Å². The fraction of sp³-hybridized carbons (Fsp3) is 0.409. The summed E-state index contributed by atoms with van der Waals surface area (Å²) in [5, 5.41) is 33.9. The van der Waals surface area contributed by atoms with Crippen molar-refractivity contribution in [2.75, 3.05) is 17.6 Å². The van der Waals surface area contributed by atoms with E-state index < -0.39 is 28.0 Å². The van der Waals surface area contributed by atoms with E-state index in [9.17, 15) is 23.0 Å². The van der Waals surface area contributed by atoms with Crippen LogP contribution in [0, 0.1) is 5.82 Å². The maximum absolute atomic E-state index is 13.6. The van der Waals surface area contributed by atoms with E-state index in [0.717, 1.165) is 10.6 Å². The van der Waals surface area contributed by atoms with Crippen molar-refractivity contribution in [2.24, 2.45) is 0 Å². The number of aliphatic hydroxyl groups excluding tert-OH is 2. The van der Waals surface area contributed by atoms with Crippen LogP contribution in [0.1, 0.15) is 43.3 Å². The first-order chi connectivity index (χ1) is 16.5. The number of hydrogen-bond acceptors (Lipinski definition) is 9. The SMILES string of the molecule is CC(C)c1nc(N(C)S(C)(=O)=O)nc(-c2ccc(F)cc2)c1/C=C/C(O)CC(O)Cc1nnn[nH]1. The predicted octanol–water partition coefficient (Wildman–Crippen LogP) is 1.68. The summed E-state index contributed by atoms with van der Waals surface area (Å²) in [5.74, 6) is -0.188. The van der Waals surface area contributed by atoms with Gasteiger partial charge in [-0.2, -0.15) is 0 Å². The average molecular weight is 506 g/mol. The summed E-state index contributed by atoms with van der Waals surface area (Å²) in [6.45, 7) is 3.79. The molecule has 3 rings (SSSR count). The number of benzene rings is 1. The van der Waals surface area contributed by atoms with E-state index in [4.69, 9.17) is 0 Å². The van der Waals surface area contributed by atoms with Crippen molar-refractivity contribution in [1.82, 2.24) is 30.6 Å². The number of aromatic nitrogens is 6. The molecule has 0 radical (unpaired) electrons. The Morgan fingerprint density at radius 1 is 1.17 bits per heavy atom. The van der Waals surface area contributed by atoms with Gasteiger partial charge in [0.1, 0.15) is 5.82 Å². The number of anilines is 1. The number of H-pyrrole nitrogens is 1. The summed E-state index contributed by atoms with van der Waals surface area (Å²) < 4.78 is 38.8. The topological polar surface area (TPSA) is 158 Å². The maximum Gasteiger partial charge on any atom is 0.239 e. The van der Waals surface area contributed by atoms with Crippen molar-refractivity contribution >= 4 is 22.0 Å². The number of aliphatic hydroxyl groups is 2. The molecule has 1 aromatic carbocycles. The Balaban J connectivity index is 2.01. The molecule has 0 bridgehead atoms. The van der Waals surface area contributed by atoms with Gasteiger partial charge in [-0.15, -0.1) is 5.10 Å². The van der Waals surface area contributed by atoms with Gasteiger partial charge in [-0.3, -0.25) is 0 Å². The maximum atomic E-state index is 13.6. The summed E-state index contributed by atoms with van der Waals surface area (Å²) in [7, 11) is -2.28. The third kappa shape index (κ3) is 6.87. The molecule has 0 spiro atoms. The molecule has 2 atom stereocenters. The molecule has 0 aliphatic carbocycles. The number of halogens is 1. The van der Waals surface area contributed by atoms with E-state index in [2.05, 4.69) is 30.6 Å². The molecule has 3 aromatic rings. The minimum absolute atomic E-state index is 0.0237. The van der Waals surface area contributed by atoms with Gasteiger partial charge in [-0.05, 0) is 40.6 Å². The second kappa shape index (κ2) is 11.0. The van der Waals surface area contributed by atoms with Crippen LogP contribution in [0.3, 0.4) is 0 Å². The first kappa shape index (κ1) is 26.3. The summed E-state index contributed by atoms with van der Waals surface area (Å²) in [4.78, 5) is 8.96. The first-order valence-electron chi connectivity index (χ1n) is 10.8. The average Bonchev–Trinajstić information content (AvgIpc) is 3.29. The molecule has 0 aliphatic rings. The second-order valence-corrected chi connectivity index (χ2v) is 10.4. The molecule has 2 aromatic heterocycles. The molecule has 0 amide bonds. The minimum atomic E-state index is -3.63. The van der Waals surface area contributed by atoms with Gasteiger partial charge in [-0.1, -0.05) is 26.0 Å². The van der Waals surface area contributed by atoms with Crippen LogP contribution in [-0.2, 0) is 16.4 Å². The monoisotopic (exact) mass is 505 g/mol. The van der Waals surface area contributed by atoms with Crippen LogP contribution in [0.2, 0.25) is 0 Å². The molecule has 0 fully saturated rings. The molecule has 2 heterocycles. The number of hydrogen-bond donors (Lipinski definition) is 3. The zero-order valence-corrected chi connectivity index (χ0v) is 20.6. The Bertz CT molecular complexity index is 1270. The molecule has 3 N–H and O–H groups in total. The summed E-state index contributed by atoms with van der Waals surface area (Å²) >= 11 is 0. The van der Waals surface area contributed by atoms with E-state index in [1.807, 2.05) is 13.8 Å². The number of aromatic amines is 1. The van der Waals surface area contributed by atoms with Crippen LogP contribution >= 0.6 is 0 Å². The number of sulfonamides is 1. The van der Waals surface area contributed by atoms with Crippen molar-refractivity contribution in [2.45, 2.75) is 44.8 Å². The number of nitrogens with one attached hydrogen (secondary N) is 1. The van der Waals surface area contributed by atoms with Crippen molar-refractivity contribution in [3.63, 3.8) is 0 Å². The lowest BCUT2D eigenvalue weighted by Gasteiger charge is -2.20. The summed E-state index contributed by atoms with van der Waals surface area (Å²) in [6.07, 6.45) is 2.44. The van der Waals surface area contributed by atoms with Gasteiger partial charge in [0.05, 0.1) is 29.9 Å². The van der Waals surface area contributed by atoms with Gasteiger partial charge in [-0.25, -0.2) is 32.2 Å². The smallest absolute Gasteiger partial charge is 0.239 e. The van der Waals surface area contributed by atoms with Gasteiger partial charge >= 0.3 is 0 Å². The van der Waals surface area contributed by atoms with Crippen LogP contribution < -0.4 is 4.31 Å². The molecule has 188 valence electrons. The zero-order valence-electron chi connectivity index (χ0n) is 19.8. The fourth-order valence-corrected chi connectivity index (χ4v) is 3.71. The Morgan fingerprint density at radius 3 is 2.43 bits per heavy atom. The molecule has 11 nitrogen and oxygen atoms in total. The lowest BCUT2D eigenvalue weighted by Crippen LogP contribution is -2.27. The van der Waals surface area contributed by atoms with E-state index >= 15 is 0 Å². The normalized spacial score (nSPS) is 13.9. The summed E-state index contributed by atoms with van der Waals surface area (Å²) in [6, 6.07) is 5.64. The second-order valence-electron chi connectivity index (χ2n) is 8.43. The van der Waals surface area contributed by atoms with Crippen molar-refractivity contribution in [3.05, 3.63) is 53.2 Å².